The monoisotopic (exact) mass is 179 g/mol. The molecule has 13 heavy (non-hydrogen) atoms. The van der Waals surface area contributed by atoms with Crippen LogP contribution in [0.2, 0.25) is 0 Å². The molecule has 0 saturated heterocycles. The lowest BCUT2D eigenvalue weighted by Gasteiger charge is -2.18. The summed E-state index contributed by atoms with van der Waals surface area (Å²) in [6.07, 6.45) is 7.53. The summed E-state index contributed by atoms with van der Waals surface area (Å²) in [7, 11) is 0. The van der Waals surface area contributed by atoms with Crippen LogP contribution in [0.4, 0.5) is 0 Å². The topological polar surface area (TPSA) is 33.0 Å². The Labute approximate surface area is 80.2 Å². The van der Waals surface area contributed by atoms with Crippen LogP contribution in [0.1, 0.15) is 32.1 Å². The highest BCUT2D eigenvalue weighted by Crippen LogP contribution is 2.25. The highest BCUT2D eigenvalue weighted by atomic mass is 16.5. The molecule has 1 saturated carbocycles. The van der Waals surface area contributed by atoms with E-state index in [0.29, 0.717) is 6.61 Å². The van der Waals surface area contributed by atoms with E-state index in [4.69, 9.17) is 10.00 Å². The molecule has 0 spiro atoms. The SMILES string of the molecule is C=CCOC1CCCCCC1C#N. The zero-order chi connectivity index (χ0) is 9.52. The van der Waals surface area contributed by atoms with Crippen LogP contribution in [0.25, 0.3) is 0 Å². The van der Waals surface area contributed by atoms with E-state index in [1.165, 1.54) is 19.3 Å². The van der Waals surface area contributed by atoms with Crippen LogP contribution >= 0.6 is 0 Å². The molecule has 1 fully saturated rings. The fourth-order valence-electron chi connectivity index (χ4n) is 1.81. The minimum Gasteiger partial charge on any atom is -0.373 e. The number of hydrogen-bond acceptors (Lipinski definition) is 2. The van der Waals surface area contributed by atoms with Crippen molar-refractivity contribution in [2.75, 3.05) is 6.61 Å². The molecule has 0 radical (unpaired) electrons. The van der Waals surface area contributed by atoms with Gasteiger partial charge in [0, 0.05) is 0 Å². The van der Waals surface area contributed by atoms with Crippen LogP contribution in [-0.2, 0) is 4.74 Å². The number of rotatable bonds is 3. The van der Waals surface area contributed by atoms with Crippen molar-refractivity contribution < 1.29 is 4.74 Å². The fraction of sp³-hybridized carbons (Fsp3) is 0.727. The Kier molecular flexibility index (Phi) is 4.56. The second kappa shape index (κ2) is 5.77. The Morgan fingerprint density at radius 3 is 2.85 bits per heavy atom. The third-order valence-electron chi connectivity index (χ3n) is 2.55. The van der Waals surface area contributed by atoms with Gasteiger partial charge in [0.1, 0.15) is 0 Å². The molecule has 72 valence electrons. The summed E-state index contributed by atoms with van der Waals surface area (Å²) in [6.45, 7) is 4.18. The molecule has 0 aromatic carbocycles. The van der Waals surface area contributed by atoms with Crippen LogP contribution < -0.4 is 0 Å². The first kappa shape index (κ1) is 10.3. The minimum absolute atomic E-state index is 0.0995. The average Bonchev–Trinajstić information content (AvgIpc) is 2.39. The lowest BCUT2D eigenvalue weighted by Crippen LogP contribution is -2.21. The molecule has 1 aliphatic carbocycles. The highest BCUT2D eigenvalue weighted by Gasteiger charge is 2.23. The minimum atomic E-state index is 0.0995. The maximum Gasteiger partial charge on any atom is 0.0737 e. The zero-order valence-electron chi connectivity index (χ0n) is 8.04. The van der Waals surface area contributed by atoms with Crippen molar-refractivity contribution in [1.82, 2.24) is 0 Å². The molecular weight excluding hydrogens is 162 g/mol. The van der Waals surface area contributed by atoms with E-state index in [9.17, 15) is 0 Å². The van der Waals surface area contributed by atoms with E-state index in [0.717, 1.165) is 12.8 Å². The molecule has 0 heterocycles. The maximum atomic E-state index is 8.93. The quantitative estimate of drug-likeness (QED) is 0.493. The molecule has 0 aromatic heterocycles. The molecule has 1 rings (SSSR count). The zero-order valence-corrected chi connectivity index (χ0v) is 8.04. The second-order valence-electron chi connectivity index (χ2n) is 3.53. The average molecular weight is 179 g/mol. The first-order valence-electron chi connectivity index (χ1n) is 5.00. The molecule has 0 aliphatic heterocycles. The Morgan fingerprint density at radius 2 is 2.15 bits per heavy atom. The van der Waals surface area contributed by atoms with E-state index < -0.39 is 0 Å². The van der Waals surface area contributed by atoms with Gasteiger partial charge < -0.3 is 4.74 Å². The molecule has 0 bridgehead atoms. The maximum absolute atomic E-state index is 8.93. The molecule has 0 N–H and O–H groups in total. The smallest absolute Gasteiger partial charge is 0.0737 e. The van der Waals surface area contributed by atoms with Crippen molar-refractivity contribution in [1.29, 1.82) is 5.26 Å². The van der Waals surface area contributed by atoms with E-state index in [-0.39, 0.29) is 12.0 Å². The van der Waals surface area contributed by atoms with Crippen molar-refractivity contribution >= 4 is 0 Å². The van der Waals surface area contributed by atoms with Crippen molar-refractivity contribution in [3.8, 4) is 6.07 Å². The first-order valence-corrected chi connectivity index (χ1v) is 5.00. The number of nitrogens with zero attached hydrogens (tertiary/aromatic N) is 1. The van der Waals surface area contributed by atoms with E-state index in [2.05, 4.69) is 12.6 Å². The molecule has 0 amide bonds. The molecule has 2 nitrogen and oxygen atoms in total. The van der Waals surface area contributed by atoms with Gasteiger partial charge in [0.25, 0.3) is 0 Å². The van der Waals surface area contributed by atoms with Gasteiger partial charge in [0.2, 0.25) is 0 Å². The van der Waals surface area contributed by atoms with E-state index >= 15 is 0 Å². The largest absolute Gasteiger partial charge is 0.373 e. The van der Waals surface area contributed by atoms with Gasteiger partial charge in [-0.2, -0.15) is 5.26 Å². The van der Waals surface area contributed by atoms with Gasteiger partial charge in [0.15, 0.2) is 0 Å². The Morgan fingerprint density at radius 1 is 1.38 bits per heavy atom. The van der Waals surface area contributed by atoms with Gasteiger partial charge in [-0.15, -0.1) is 6.58 Å². The highest BCUT2D eigenvalue weighted by molar-refractivity contribution is 4.90. The van der Waals surface area contributed by atoms with Gasteiger partial charge in [0.05, 0.1) is 24.7 Å². The fourth-order valence-corrected chi connectivity index (χ4v) is 1.81. The number of ether oxygens (including phenoxy) is 1. The first-order chi connectivity index (χ1) is 6.38. The third kappa shape index (κ3) is 3.20. The summed E-state index contributed by atoms with van der Waals surface area (Å²) >= 11 is 0. The molecule has 2 unspecified atom stereocenters. The Hall–Kier alpha value is -0.810. The van der Waals surface area contributed by atoms with Gasteiger partial charge in [-0.1, -0.05) is 25.3 Å². The van der Waals surface area contributed by atoms with Crippen molar-refractivity contribution in [3.63, 3.8) is 0 Å². The lowest BCUT2D eigenvalue weighted by atomic mass is 9.99. The normalized spacial score (nSPS) is 28.8. The molecule has 1 aliphatic rings. The predicted molar refractivity (Wildman–Crippen MR) is 52.1 cm³/mol. The lowest BCUT2D eigenvalue weighted by molar-refractivity contribution is 0.0414. The summed E-state index contributed by atoms with van der Waals surface area (Å²) in [4.78, 5) is 0. The Balaban J connectivity index is 2.45. The molecule has 2 heteroatoms. The predicted octanol–water partition coefficient (Wildman–Crippen LogP) is 2.66. The van der Waals surface area contributed by atoms with E-state index in [1.807, 2.05) is 0 Å². The van der Waals surface area contributed by atoms with Crippen LogP contribution in [0, 0.1) is 17.2 Å². The molecule has 0 aromatic rings. The van der Waals surface area contributed by atoms with Crippen LogP contribution in [0.15, 0.2) is 12.7 Å². The van der Waals surface area contributed by atoms with Crippen molar-refractivity contribution in [2.45, 2.75) is 38.2 Å². The van der Waals surface area contributed by atoms with Crippen LogP contribution in [0.5, 0.6) is 0 Å². The second-order valence-corrected chi connectivity index (χ2v) is 3.53. The third-order valence-corrected chi connectivity index (χ3v) is 2.55. The molecule has 2 atom stereocenters. The summed E-state index contributed by atoms with van der Waals surface area (Å²) in [5.41, 5.74) is 0. The van der Waals surface area contributed by atoms with Gasteiger partial charge in [-0.3, -0.25) is 0 Å². The Bertz CT molecular complexity index is 195. The summed E-state index contributed by atoms with van der Waals surface area (Å²) in [5.74, 6) is 0.0995. The van der Waals surface area contributed by atoms with Crippen LogP contribution in [0.3, 0.4) is 0 Å². The van der Waals surface area contributed by atoms with Gasteiger partial charge in [-0.25, -0.2) is 0 Å². The van der Waals surface area contributed by atoms with Gasteiger partial charge >= 0.3 is 0 Å². The van der Waals surface area contributed by atoms with Crippen LogP contribution in [-0.4, -0.2) is 12.7 Å². The number of hydrogen-bond donors (Lipinski definition) is 0. The standard InChI is InChI=1S/C11H17NO/c1-2-8-13-11-7-5-3-4-6-10(11)9-12/h2,10-11H,1,3-8H2. The van der Waals surface area contributed by atoms with Crippen molar-refractivity contribution in [3.05, 3.63) is 12.7 Å². The summed E-state index contributed by atoms with van der Waals surface area (Å²) in [5, 5.41) is 8.93. The molecular formula is C11H17NO. The summed E-state index contributed by atoms with van der Waals surface area (Å²) < 4.78 is 5.58. The van der Waals surface area contributed by atoms with E-state index in [1.54, 1.807) is 6.08 Å². The van der Waals surface area contributed by atoms with Gasteiger partial charge in [-0.05, 0) is 12.8 Å². The number of nitriles is 1. The summed E-state index contributed by atoms with van der Waals surface area (Å²) in [6, 6.07) is 2.34. The van der Waals surface area contributed by atoms with Crippen molar-refractivity contribution in [2.24, 2.45) is 5.92 Å².